The maximum absolute atomic E-state index is 10.3. The Balaban J connectivity index is 2.90. The van der Waals surface area contributed by atoms with Crippen LogP contribution in [-0.2, 0) is 4.79 Å². The van der Waals surface area contributed by atoms with Gasteiger partial charge in [0.15, 0.2) is 6.61 Å². The number of carboxylic acid groups (broad SMARTS) is 1. The molecule has 0 atom stereocenters. The van der Waals surface area contributed by atoms with Gasteiger partial charge in [0.2, 0.25) is 0 Å². The van der Waals surface area contributed by atoms with Crippen LogP contribution < -0.4 is 4.74 Å². The normalized spacial score (nSPS) is 9.93. The van der Waals surface area contributed by atoms with E-state index in [2.05, 4.69) is 67.8 Å². The third-order valence-electron chi connectivity index (χ3n) is 1.31. The zero-order valence-corrected chi connectivity index (χ0v) is 13.2. The van der Waals surface area contributed by atoms with Crippen LogP contribution in [0.25, 0.3) is 0 Å². The quantitative estimate of drug-likeness (QED) is 0.484. The fraction of sp³-hybridized carbons (Fsp3) is 0.125. The summed E-state index contributed by atoms with van der Waals surface area (Å²) < 4.78 is 8.19. The molecule has 6 heteroatoms. The standard InChI is InChI=1S/C8H5I3O3/c9-4-1-5(10)8(11)6(2-4)14-3-7(12)13/h1-2H,3H2,(H,12,13). The minimum Gasteiger partial charge on any atom is -0.481 e. The van der Waals surface area contributed by atoms with E-state index in [1.54, 1.807) is 0 Å². The fourth-order valence-corrected chi connectivity index (χ4v) is 3.04. The number of ether oxygens (including phenoxy) is 1. The maximum atomic E-state index is 10.3. The molecule has 1 aromatic rings. The Bertz CT molecular complexity index is 365. The van der Waals surface area contributed by atoms with Crippen LogP contribution in [0.3, 0.4) is 0 Å². The number of hydrogen-bond acceptors (Lipinski definition) is 2. The van der Waals surface area contributed by atoms with Crippen molar-refractivity contribution in [1.82, 2.24) is 0 Å². The Hall–Kier alpha value is 0.680. The molecule has 0 bridgehead atoms. The lowest BCUT2D eigenvalue weighted by Gasteiger charge is -2.07. The van der Waals surface area contributed by atoms with Gasteiger partial charge in [0, 0.05) is 7.14 Å². The van der Waals surface area contributed by atoms with E-state index in [0.717, 1.165) is 10.7 Å². The SMILES string of the molecule is O=C(O)COc1cc(I)cc(I)c1I. The average Bonchev–Trinajstić information content (AvgIpc) is 2.08. The number of aliphatic carboxylic acids is 1. The minimum absolute atomic E-state index is 0.299. The molecule has 0 unspecified atom stereocenters. The predicted octanol–water partition coefficient (Wildman–Crippen LogP) is 2.96. The topological polar surface area (TPSA) is 46.5 Å². The van der Waals surface area contributed by atoms with E-state index in [0.29, 0.717) is 5.75 Å². The van der Waals surface area contributed by atoms with Crippen molar-refractivity contribution in [3.8, 4) is 5.75 Å². The van der Waals surface area contributed by atoms with Gasteiger partial charge >= 0.3 is 5.97 Å². The second-order valence-corrected chi connectivity index (χ2v) is 5.87. The van der Waals surface area contributed by atoms with Crippen LogP contribution in [0.5, 0.6) is 5.75 Å². The first-order valence-electron chi connectivity index (χ1n) is 3.50. The highest BCUT2D eigenvalue weighted by atomic mass is 127. The second kappa shape index (κ2) is 5.68. The fourth-order valence-electron chi connectivity index (χ4n) is 0.777. The molecule has 0 aliphatic heterocycles. The van der Waals surface area contributed by atoms with Gasteiger partial charge in [-0.25, -0.2) is 4.79 Å². The molecule has 0 saturated carbocycles. The number of hydrogen-bond donors (Lipinski definition) is 1. The summed E-state index contributed by atoms with van der Waals surface area (Å²) in [6, 6.07) is 3.84. The third-order valence-corrected chi connectivity index (χ3v) is 4.93. The van der Waals surface area contributed by atoms with Crippen LogP contribution in [-0.4, -0.2) is 17.7 Å². The van der Waals surface area contributed by atoms with Crippen molar-refractivity contribution in [3.05, 3.63) is 22.8 Å². The molecular weight excluding hydrogens is 525 g/mol. The van der Waals surface area contributed by atoms with Gasteiger partial charge in [0.1, 0.15) is 5.75 Å². The highest BCUT2D eigenvalue weighted by Crippen LogP contribution is 2.28. The highest BCUT2D eigenvalue weighted by molar-refractivity contribution is 14.1. The van der Waals surface area contributed by atoms with E-state index >= 15 is 0 Å². The molecule has 14 heavy (non-hydrogen) atoms. The Morgan fingerprint density at radius 2 is 2.00 bits per heavy atom. The van der Waals surface area contributed by atoms with Crippen LogP contribution in [0.4, 0.5) is 0 Å². The summed E-state index contributed by atoms with van der Waals surface area (Å²) in [6.07, 6.45) is 0. The summed E-state index contributed by atoms with van der Waals surface area (Å²) in [5.74, 6) is -0.334. The zero-order chi connectivity index (χ0) is 10.7. The van der Waals surface area contributed by atoms with Crippen LogP contribution in [0, 0.1) is 10.7 Å². The molecule has 0 fully saturated rings. The van der Waals surface area contributed by atoms with E-state index in [-0.39, 0.29) is 6.61 Å². The van der Waals surface area contributed by atoms with Gasteiger partial charge in [0.05, 0.1) is 3.57 Å². The molecule has 0 radical (unpaired) electrons. The minimum atomic E-state index is -0.963. The van der Waals surface area contributed by atoms with E-state index in [4.69, 9.17) is 9.84 Å². The van der Waals surface area contributed by atoms with E-state index in [9.17, 15) is 4.79 Å². The molecule has 3 nitrogen and oxygen atoms in total. The predicted molar refractivity (Wildman–Crippen MR) is 77.7 cm³/mol. The van der Waals surface area contributed by atoms with Crippen molar-refractivity contribution in [2.75, 3.05) is 6.61 Å². The van der Waals surface area contributed by atoms with Gasteiger partial charge in [-0.15, -0.1) is 0 Å². The van der Waals surface area contributed by atoms with Crippen molar-refractivity contribution in [3.63, 3.8) is 0 Å². The lowest BCUT2D eigenvalue weighted by molar-refractivity contribution is -0.139. The van der Waals surface area contributed by atoms with E-state index < -0.39 is 5.97 Å². The Labute approximate surface area is 122 Å². The van der Waals surface area contributed by atoms with Gasteiger partial charge in [-0.1, -0.05) is 0 Å². The van der Waals surface area contributed by atoms with Gasteiger partial charge in [-0.05, 0) is 79.9 Å². The van der Waals surface area contributed by atoms with Crippen molar-refractivity contribution in [2.24, 2.45) is 0 Å². The highest BCUT2D eigenvalue weighted by Gasteiger charge is 2.08. The van der Waals surface area contributed by atoms with E-state index in [1.165, 1.54) is 0 Å². The first-order chi connectivity index (χ1) is 6.50. The lowest BCUT2D eigenvalue weighted by atomic mass is 10.3. The number of carbonyl (C=O) groups is 1. The molecule has 0 aromatic heterocycles. The monoisotopic (exact) mass is 530 g/mol. The molecular formula is C8H5I3O3. The third kappa shape index (κ3) is 3.68. The molecule has 0 heterocycles. The molecule has 0 spiro atoms. The van der Waals surface area contributed by atoms with Crippen LogP contribution in [0.15, 0.2) is 12.1 Å². The first kappa shape index (κ1) is 12.7. The van der Waals surface area contributed by atoms with Crippen LogP contribution in [0.1, 0.15) is 0 Å². The average molecular weight is 530 g/mol. The Morgan fingerprint density at radius 3 is 2.57 bits per heavy atom. The smallest absolute Gasteiger partial charge is 0.341 e. The van der Waals surface area contributed by atoms with Gasteiger partial charge in [-0.2, -0.15) is 0 Å². The number of carboxylic acids is 1. The second-order valence-electron chi connectivity index (χ2n) is 2.38. The van der Waals surface area contributed by atoms with Crippen LogP contribution >= 0.6 is 67.8 Å². The Kier molecular flexibility index (Phi) is 5.17. The summed E-state index contributed by atoms with van der Waals surface area (Å²) in [6.45, 7) is -0.299. The van der Waals surface area contributed by atoms with Gasteiger partial charge in [0.25, 0.3) is 0 Å². The number of benzene rings is 1. The summed E-state index contributed by atoms with van der Waals surface area (Å²) in [4.78, 5) is 10.3. The Morgan fingerprint density at radius 1 is 1.36 bits per heavy atom. The molecule has 1 N–H and O–H groups in total. The molecule has 0 saturated heterocycles. The van der Waals surface area contributed by atoms with E-state index in [1.807, 2.05) is 12.1 Å². The molecule has 1 aromatic carbocycles. The largest absolute Gasteiger partial charge is 0.481 e. The number of halogens is 3. The maximum Gasteiger partial charge on any atom is 0.341 e. The summed E-state index contributed by atoms with van der Waals surface area (Å²) in [7, 11) is 0. The molecule has 0 amide bonds. The summed E-state index contributed by atoms with van der Waals surface area (Å²) in [5.41, 5.74) is 0. The van der Waals surface area contributed by atoms with Crippen LogP contribution in [0.2, 0.25) is 0 Å². The van der Waals surface area contributed by atoms with Crippen molar-refractivity contribution >= 4 is 73.7 Å². The molecule has 0 aliphatic carbocycles. The van der Waals surface area contributed by atoms with Gasteiger partial charge in [-0.3, -0.25) is 0 Å². The van der Waals surface area contributed by atoms with Gasteiger partial charge < -0.3 is 9.84 Å². The van der Waals surface area contributed by atoms with Crippen molar-refractivity contribution in [1.29, 1.82) is 0 Å². The first-order valence-corrected chi connectivity index (χ1v) is 6.73. The number of rotatable bonds is 3. The summed E-state index contributed by atoms with van der Waals surface area (Å²) >= 11 is 6.50. The van der Waals surface area contributed by atoms with Crippen molar-refractivity contribution < 1.29 is 14.6 Å². The zero-order valence-electron chi connectivity index (χ0n) is 6.76. The lowest BCUT2D eigenvalue weighted by Crippen LogP contribution is -2.10. The molecule has 1 rings (SSSR count). The summed E-state index contributed by atoms with van der Waals surface area (Å²) in [5, 5.41) is 8.47. The van der Waals surface area contributed by atoms with Crippen molar-refractivity contribution in [2.45, 2.75) is 0 Å². The molecule has 76 valence electrons. The molecule has 0 aliphatic rings.